The molecule has 0 bridgehead atoms. The summed E-state index contributed by atoms with van der Waals surface area (Å²) in [5, 5.41) is 12.7. The number of carbonyl (C=O) groups is 3. The highest BCUT2D eigenvalue weighted by Gasteiger charge is 2.32. The Morgan fingerprint density at radius 1 is 1.42 bits per heavy atom. The molecule has 0 radical (unpaired) electrons. The van der Waals surface area contributed by atoms with Crippen LogP contribution < -0.4 is 5.32 Å². The van der Waals surface area contributed by atoms with Crippen LogP contribution in [0.1, 0.15) is 52.5 Å². The number of hydrogen-bond acceptors (Lipinski definition) is 4. The Hall–Kier alpha value is -2.21. The van der Waals surface area contributed by atoms with Crippen molar-refractivity contribution in [2.45, 2.75) is 45.7 Å². The van der Waals surface area contributed by atoms with E-state index in [0.29, 0.717) is 18.5 Å². The first kappa shape index (κ1) is 13.0. The van der Waals surface area contributed by atoms with E-state index in [4.69, 9.17) is 8.22 Å². The van der Waals surface area contributed by atoms with Crippen molar-refractivity contribution >= 4 is 17.6 Å². The van der Waals surface area contributed by atoms with Gasteiger partial charge < -0.3 is 15.3 Å². The number of hydrogen-bond donors (Lipinski definition) is 2. The Morgan fingerprint density at radius 3 is 2.81 bits per heavy atom. The summed E-state index contributed by atoms with van der Waals surface area (Å²) in [7, 11) is 1.58. The zero-order valence-corrected chi connectivity index (χ0v) is 15.1. The normalized spacial score (nSPS) is 28.1. The fourth-order valence-corrected chi connectivity index (χ4v) is 2.80. The van der Waals surface area contributed by atoms with Crippen LogP contribution in [-0.4, -0.2) is 47.3 Å². The lowest BCUT2D eigenvalue weighted by atomic mass is 9.94. The number of carbonyl (C=O) groups excluding carboxylic acids is 3. The van der Waals surface area contributed by atoms with Crippen molar-refractivity contribution in [1.29, 1.82) is 0 Å². The quantitative estimate of drug-likeness (QED) is 0.798. The van der Waals surface area contributed by atoms with Gasteiger partial charge in [0, 0.05) is 32.8 Å². The van der Waals surface area contributed by atoms with Crippen molar-refractivity contribution in [3.63, 3.8) is 0 Å². The number of nitrogens with zero attached hydrogens (tertiary/aromatic N) is 1. The molecule has 4 atom stereocenters. The number of nitrogens with one attached hydrogen (secondary N) is 1. The number of benzene rings is 1. The molecule has 0 saturated carbocycles. The van der Waals surface area contributed by atoms with Gasteiger partial charge in [-0.15, -0.1) is 0 Å². The molecule has 2 amide bonds. The van der Waals surface area contributed by atoms with Crippen LogP contribution in [0.2, 0.25) is 0 Å². The second kappa shape index (κ2) is 8.45. The van der Waals surface area contributed by atoms with E-state index < -0.39 is 54.8 Å². The second-order valence-corrected chi connectivity index (χ2v) is 6.47. The van der Waals surface area contributed by atoms with Gasteiger partial charge >= 0.3 is 0 Å². The summed E-state index contributed by atoms with van der Waals surface area (Å²) in [6, 6.07) is 5.94. The maximum Gasteiger partial charge on any atom is 0.249 e. The molecule has 2 N–H and O–H groups in total. The summed E-state index contributed by atoms with van der Waals surface area (Å²) >= 11 is 0. The van der Waals surface area contributed by atoms with Crippen molar-refractivity contribution in [2.75, 3.05) is 13.6 Å². The Balaban J connectivity index is 2.27. The molecule has 0 aromatic heterocycles. The molecule has 26 heavy (non-hydrogen) atoms. The van der Waals surface area contributed by atoms with Crippen LogP contribution in [0, 0.1) is 11.8 Å². The smallest absolute Gasteiger partial charge is 0.249 e. The molecule has 1 aromatic rings. The lowest BCUT2D eigenvalue weighted by Gasteiger charge is -2.24. The first-order valence-electron chi connectivity index (χ1n) is 11.3. The van der Waals surface area contributed by atoms with Crippen molar-refractivity contribution in [2.24, 2.45) is 11.8 Å². The van der Waals surface area contributed by atoms with Crippen LogP contribution in [0.3, 0.4) is 0 Å². The van der Waals surface area contributed by atoms with Gasteiger partial charge in [-0.3, -0.25) is 14.4 Å². The van der Waals surface area contributed by atoms with Crippen molar-refractivity contribution in [3.8, 4) is 0 Å². The van der Waals surface area contributed by atoms with Gasteiger partial charge in [0.2, 0.25) is 11.8 Å². The fourth-order valence-electron chi connectivity index (χ4n) is 2.80. The Bertz CT molecular complexity index is 914. The molecule has 6 nitrogen and oxygen atoms in total. The number of rotatable bonds is 6. The highest BCUT2D eigenvalue weighted by molar-refractivity contribution is 5.92. The number of likely N-dealkylation sites (N-methyl/N-ethyl adjacent to an activating group) is 1. The third-order valence-electron chi connectivity index (χ3n) is 4.41. The zero-order valence-electron chi connectivity index (χ0n) is 21.1. The number of aliphatic hydroxyl groups is 1. The summed E-state index contributed by atoms with van der Waals surface area (Å²) in [4.78, 5) is 39.7. The van der Waals surface area contributed by atoms with Crippen LogP contribution in [0.4, 0.5) is 0 Å². The highest BCUT2D eigenvalue weighted by Crippen LogP contribution is 2.25. The van der Waals surface area contributed by atoms with E-state index in [1.54, 1.807) is 25.2 Å². The molecule has 1 unspecified atom stereocenters. The van der Waals surface area contributed by atoms with Crippen molar-refractivity contribution < 1.29 is 27.7 Å². The Labute approximate surface area is 163 Å². The lowest BCUT2D eigenvalue weighted by molar-refractivity contribution is -0.137. The largest absolute Gasteiger partial charge is 0.385 e. The minimum absolute atomic E-state index is 0.399. The first-order chi connectivity index (χ1) is 14.4. The van der Waals surface area contributed by atoms with Gasteiger partial charge in [0.25, 0.3) is 0 Å². The maximum atomic E-state index is 12.9. The van der Waals surface area contributed by atoms with E-state index in [-0.39, 0.29) is 0 Å². The van der Waals surface area contributed by atoms with Gasteiger partial charge in [-0.1, -0.05) is 45.0 Å². The van der Waals surface area contributed by atoms with Gasteiger partial charge in [0.05, 0.1) is 1.37 Å². The van der Waals surface area contributed by atoms with E-state index in [0.717, 1.165) is 19.4 Å². The average Bonchev–Trinajstić information content (AvgIpc) is 2.78. The third kappa shape index (κ3) is 4.49. The van der Waals surface area contributed by atoms with Gasteiger partial charge in [0.1, 0.15) is 12.1 Å². The van der Waals surface area contributed by atoms with Gasteiger partial charge in [0.15, 0.2) is 5.78 Å². The summed E-state index contributed by atoms with van der Waals surface area (Å²) in [6.07, 6.45) is -3.84. The molecule has 1 aliphatic rings. The van der Waals surface area contributed by atoms with Crippen LogP contribution >= 0.6 is 0 Å². The molecule has 0 aliphatic carbocycles. The van der Waals surface area contributed by atoms with Gasteiger partial charge in [-0.25, -0.2) is 0 Å². The minimum atomic E-state index is -3.38. The van der Waals surface area contributed by atoms with Crippen molar-refractivity contribution in [3.05, 3.63) is 35.4 Å². The topological polar surface area (TPSA) is 86.7 Å². The first-order valence-corrected chi connectivity index (χ1v) is 8.33. The summed E-state index contributed by atoms with van der Waals surface area (Å²) in [5.41, 5.74) is 1.41. The molecule has 0 spiro atoms. The third-order valence-corrected chi connectivity index (χ3v) is 4.41. The molecule has 1 aromatic carbocycles. The van der Waals surface area contributed by atoms with Gasteiger partial charge in [-0.2, -0.15) is 0 Å². The van der Waals surface area contributed by atoms with E-state index in [2.05, 4.69) is 5.32 Å². The van der Waals surface area contributed by atoms with E-state index >= 15 is 0 Å². The van der Waals surface area contributed by atoms with Crippen LogP contribution in [0.15, 0.2) is 24.3 Å². The fraction of sp³-hybridized carbons (Fsp3) is 0.550. The molecule has 2 rings (SSSR count). The van der Waals surface area contributed by atoms with Crippen LogP contribution in [0.5, 0.6) is 0 Å². The maximum absolute atomic E-state index is 12.9. The number of amides is 2. The number of ketones is 1. The highest BCUT2D eigenvalue weighted by atomic mass is 16.3. The predicted molar refractivity (Wildman–Crippen MR) is 98.3 cm³/mol. The molecule has 1 heterocycles. The lowest BCUT2D eigenvalue weighted by Crippen LogP contribution is -2.43. The molecule has 6 heteroatoms. The predicted octanol–water partition coefficient (Wildman–Crippen LogP) is 1.47. The monoisotopic (exact) mass is 366 g/mol. The molecule has 0 fully saturated rings. The van der Waals surface area contributed by atoms with E-state index in [1.165, 1.54) is 4.90 Å². The van der Waals surface area contributed by atoms with Gasteiger partial charge in [-0.05, 0) is 23.4 Å². The Morgan fingerprint density at radius 2 is 2.12 bits per heavy atom. The summed E-state index contributed by atoms with van der Waals surface area (Å²) < 4.78 is 46.0. The van der Waals surface area contributed by atoms with E-state index in [1.807, 2.05) is 6.07 Å². The average molecular weight is 366 g/mol. The Kier molecular flexibility index (Phi) is 4.23. The SMILES string of the molecule is [2H]C([2H])([2H])C([2H])(C)[C@]([2H])(O)C(=O)C[C@@]([2H])(C)C(=O)N[C@@H]1C(=O)N(C)CCc2ccccc21. The molecular formula is C20H28N2O4. The number of fused-ring (bicyclic) bond motifs is 1. The molecule has 0 saturated heterocycles. The minimum Gasteiger partial charge on any atom is -0.385 e. The number of Topliss-reactive ketones (excluding diaryl/α,β-unsaturated/α-hetero) is 1. The van der Waals surface area contributed by atoms with Crippen LogP contribution in [0.25, 0.3) is 0 Å². The molecule has 1 aliphatic heterocycles. The van der Waals surface area contributed by atoms with Crippen LogP contribution in [-0.2, 0) is 20.8 Å². The van der Waals surface area contributed by atoms with E-state index in [9.17, 15) is 19.5 Å². The van der Waals surface area contributed by atoms with Crippen molar-refractivity contribution in [1.82, 2.24) is 10.2 Å². The summed E-state index contributed by atoms with van der Waals surface area (Å²) in [5.74, 6) is -7.99. The molecule has 142 valence electrons. The summed E-state index contributed by atoms with van der Waals surface area (Å²) in [6.45, 7) is -0.949. The standard InChI is InChI=1S/C20H28N2O4/c1-12(2)18(24)16(23)11-13(3)19(25)21-17-15-8-6-5-7-14(15)9-10-22(4)20(17)26/h5-8,12-13,17-18,24H,9-11H2,1-4H3,(H,21,25)/t13-,17+,18+/m1/s1/i1D3,12D,13D,18D/t12?,13-,17+,18+. The zero-order chi connectivity index (χ0) is 24.7. The molecular weight excluding hydrogens is 332 g/mol. The second-order valence-electron chi connectivity index (χ2n) is 6.47.